The summed E-state index contributed by atoms with van der Waals surface area (Å²) in [5.41, 5.74) is 0.972. The van der Waals surface area contributed by atoms with Gasteiger partial charge >= 0.3 is 0 Å². The van der Waals surface area contributed by atoms with Crippen molar-refractivity contribution < 1.29 is 17.7 Å². The van der Waals surface area contributed by atoms with E-state index in [-0.39, 0.29) is 23.5 Å². The summed E-state index contributed by atoms with van der Waals surface area (Å²) in [4.78, 5) is 13.2. The predicted octanol–water partition coefficient (Wildman–Crippen LogP) is 2.45. The number of benzene rings is 1. The molecule has 7 nitrogen and oxygen atoms in total. The standard InChI is InChI=1S/C17H17N3O4S2/c1-12-8-14(24-20-12)10-18-17(21)13-4-2-6-16(9-13)26(22,23)19-11-15-5-3-7-25-15/h2-9,19H,10-11H2,1H3,(H,18,21). The van der Waals surface area contributed by atoms with E-state index >= 15 is 0 Å². The molecule has 2 N–H and O–H groups in total. The van der Waals surface area contributed by atoms with E-state index in [2.05, 4.69) is 15.2 Å². The Kier molecular flexibility index (Phi) is 5.50. The maximum atomic E-state index is 12.4. The largest absolute Gasteiger partial charge is 0.359 e. The van der Waals surface area contributed by atoms with Gasteiger partial charge in [0.1, 0.15) is 0 Å². The average Bonchev–Trinajstić information content (AvgIpc) is 3.29. The minimum Gasteiger partial charge on any atom is -0.359 e. The minimum absolute atomic E-state index is 0.0391. The SMILES string of the molecule is Cc1cc(CNC(=O)c2cccc(S(=O)(=O)NCc3cccs3)c2)on1. The molecule has 0 saturated heterocycles. The van der Waals surface area contributed by atoms with Crippen molar-refractivity contribution in [3.63, 3.8) is 0 Å². The van der Waals surface area contributed by atoms with Gasteiger partial charge in [-0.05, 0) is 36.6 Å². The third-order valence-corrected chi connectivity index (χ3v) is 5.80. The Labute approximate surface area is 155 Å². The normalized spacial score (nSPS) is 11.4. The molecule has 1 aromatic carbocycles. The number of nitrogens with one attached hydrogen (secondary N) is 2. The van der Waals surface area contributed by atoms with Crippen LogP contribution in [0.3, 0.4) is 0 Å². The summed E-state index contributed by atoms with van der Waals surface area (Å²) >= 11 is 1.47. The van der Waals surface area contributed by atoms with Crippen molar-refractivity contribution in [1.29, 1.82) is 0 Å². The highest BCUT2D eigenvalue weighted by Gasteiger charge is 2.16. The van der Waals surface area contributed by atoms with Crippen LogP contribution < -0.4 is 10.0 Å². The molecule has 0 spiro atoms. The van der Waals surface area contributed by atoms with E-state index in [9.17, 15) is 13.2 Å². The molecule has 3 aromatic rings. The first kappa shape index (κ1) is 18.3. The van der Waals surface area contributed by atoms with Gasteiger partial charge in [-0.25, -0.2) is 13.1 Å². The van der Waals surface area contributed by atoms with Crippen LogP contribution in [0.1, 0.15) is 26.7 Å². The van der Waals surface area contributed by atoms with E-state index in [1.807, 2.05) is 17.5 Å². The number of nitrogens with zero attached hydrogens (tertiary/aromatic N) is 1. The molecule has 1 amide bonds. The second kappa shape index (κ2) is 7.81. The van der Waals surface area contributed by atoms with E-state index < -0.39 is 15.9 Å². The predicted molar refractivity (Wildman–Crippen MR) is 97.2 cm³/mol. The number of sulfonamides is 1. The third kappa shape index (κ3) is 4.57. The lowest BCUT2D eigenvalue weighted by atomic mass is 10.2. The summed E-state index contributed by atoms with van der Waals surface area (Å²) in [6, 6.07) is 11.3. The van der Waals surface area contributed by atoms with E-state index in [1.165, 1.54) is 29.5 Å². The minimum atomic E-state index is -3.71. The van der Waals surface area contributed by atoms with Gasteiger partial charge < -0.3 is 9.84 Å². The third-order valence-electron chi connectivity index (χ3n) is 3.52. The van der Waals surface area contributed by atoms with Gasteiger partial charge in [0.05, 0.1) is 17.1 Å². The maximum Gasteiger partial charge on any atom is 0.251 e. The smallest absolute Gasteiger partial charge is 0.251 e. The number of thiophene rings is 1. The van der Waals surface area contributed by atoms with Crippen LogP contribution >= 0.6 is 11.3 Å². The van der Waals surface area contributed by atoms with Gasteiger partial charge in [-0.15, -0.1) is 11.3 Å². The number of hydrogen-bond donors (Lipinski definition) is 2. The molecule has 2 heterocycles. The molecule has 0 saturated carbocycles. The van der Waals surface area contributed by atoms with E-state index in [4.69, 9.17) is 4.52 Å². The first-order valence-electron chi connectivity index (χ1n) is 7.76. The molecule has 0 aliphatic carbocycles. The van der Waals surface area contributed by atoms with E-state index in [0.29, 0.717) is 5.76 Å². The fourth-order valence-corrected chi connectivity index (χ4v) is 4.02. The number of aryl methyl sites for hydroxylation is 1. The van der Waals surface area contributed by atoms with Gasteiger partial charge in [0.15, 0.2) is 5.76 Å². The zero-order valence-corrected chi connectivity index (χ0v) is 15.6. The summed E-state index contributed by atoms with van der Waals surface area (Å²) in [7, 11) is -3.71. The summed E-state index contributed by atoms with van der Waals surface area (Å²) in [5.74, 6) is 0.131. The molecule has 136 valence electrons. The van der Waals surface area contributed by atoms with Crippen molar-refractivity contribution in [2.24, 2.45) is 0 Å². The molecular formula is C17H17N3O4S2. The Morgan fingerprint density at radius 3 is 2.73 bits per heavy atom. The average molecular weight is 391 g/mol. The van der Waals surface area contributed by atoms with Crippen LogP contribution in [-0.2, 0) is 23.1 Å². The Bertz CT molecular complexity index is 995. The van der Waals surface area contributed by atoms with Crippen LogP contribution in [-0.4, -0.2) is 19.5 Å². The molecule has 0 unspecified atom stereocenters. The molecule has 3 rings (SSSR count). The molecule has 26 heavy (non-hydrogen) atoms. The van der Waals surface area contributed by atoms with Crippen molar-refractivity contribution in [3.05, 3.63) is 69.7 Å². The van der Waals surface area contributed by atoms with Crippen molar-refractivity contribution in [3.8, 4) is 0 Å². The van der Waals surface area contributed by atoms with Gasteiger partial charge in [0.2, 0.25) is 10.0 Å². The highest BCUT2D eigenvalue weighted by atomic mass is 32.2. The van der Waals surface area contributed by atoms with E-state index in [1.54, 1.807) is 19.1 Å². The number of rotatable bonds is 7. The fraction of sp³-hybridized carbons (Fsp3) is 0.176. The lowest BCUT2D eigenvalue weighted by molar-refractivity contribution is 0.0947. The summed E-state index contributed by atoms with van der Waals surface area (Å²) in [6.45, 7) is 2.17. The zero-order chi connectivity index (χ0) is 18.6. The van der Waals surface area contributed by atoms with Gasteiger partial charge in [-0.3, -0.25) is 4.79 Å². The molecule has 0 aliphatic heterocycles. The highest BCUT2D eigenvalue weighted by molar-refractivity contribution is 7.89. The molecular weight excluding hydrogens is 374 g/mol. The molecule has 0 fully saturated rings. The maximum absolute atomic E-state index is 12.4. The number of carbonyl (C=O) groups excluding carboxylic acids is 1. The van der Waals surface area contributed by atoms with Crippen molar-refractivity contribution >= 4 is 27.3 Å². The monoisotopic (exact) mass is 391 g/mol. The first-order chi connectivity index (χ1) is 12.4. The van der Waals surface area contributed by atoms with Crippen LogP contribution in [0.2, 0.25) is 0 Å². The Balaban J connectivity index is 1.67. The van der Waals surface area contributed by atoms with Gasteiger partial charge in [0, 0.05) is 23.1 Å². The molecule has 0 bridgehead atoms. The molecule has 9 heteroatoms. The van der Waals surface area contributed by atoms with Gasteiger partial charge in [0.25, 0.3) is 5.91 Å². The number of amides is 1. The quantitative estimate of drug-likeness (QED) is 0.644. The van der Waals surface area contributed by atoms with Crippen LogP contribution in [0.5, 0.6) is 0 Å². The number of hydrogen-bond acceptors (Lipinski definition) is 6. The summed E-state index contributed by atoms with van der Waals surface area (Å²) < 4.78 is 32.4. The number of aromatic nitrogens is 1. The second-order valence-electron chi connectivity index (χ2n) is 5.55. The van der Waals surface area contributed by atoms with E-state index in [0.717, 1.165) is 10.6 Å². The van der Waals surface area contributed by atoms with Gasteiger partial charge in [-0.1, -0.05) is 17.3 Å². The Hall–Kier alpha value is -2.49. The lowest BCUT2D eigenvalue weighted by Gasteiger charge is -2.08. The second-order valence-corrected chi connectivity index (χ2v) is 8.35. The summed E-state index contributed by atoms with van der Waals surface area (Å²) in [6.07, 6.45) is 0. The molecule has 0 aliphatic rings. The van der Waals surface area contributed by atoms with Crippen LogP contribution in [0.25, 0.3) is 0 Å². The Morgan fingerprint density at radius 2 is 2.04 bits per heavy atom. The Morgan fingerprint density at radius 1 is 1.19 bits per heavy atom. The van der Waals surface area contributed by atoms with Crippen molar-refractivity contribution in [1.82, 2.24) is 15.2 Å². The zero-order valence-electron chi connectivity index (χ0n) is 13.9. The topological polar surface area (TPSA) is 101 Å². The lowest BCUT2D eigenvalue weighted by Crippen LogP contribution is -2.25. The molecule has 0 atom stereocenters. The molecule has 2 aromatic heterocycles. The highest BCUT2D eigenvalue weighted by Crippen LogP contribution is 2.14. The fourth-order valence-electron chi connectivity index (χ4n) is 2.24. The molecule has 0 radical (unpaired) electrons. The van der Waals surface area contributed by atoms with Crippen molar-refractivity contribution in [2.45, 2.75) is 24.9 Å². The van der Waals surface area contributed by atoms with Crippen LogP contribution in [0, 0.1) is 6.92 Å². The van der Waals surface area contributed by atoms with Gasteiger partial charge in [-0.2, -0.15) is 0 Å². The number of carbonyl (C=O) groups is 1. The van der Waals surface area contributed by atoms with Crippen LogP contribution in [0.15, 0.2) is 57.3 Å². The first-order valence-corrected chi connectivity index (χ1v) is 10.1. The van der Waals surface area contributed by atoms with Crippen LogP contribution in [0.4, 0.5) is 0 Å². The summed E-state index contributed by atoms with van der Waals surface area (Å²) in [5, 5.41) is 8.30. The van der Waals surface area contributed by atoms with Crippen molar-refractivity contribution in [2.75, 3.05) is 0 Å².